The van der Waals surface area contributed by atoms with Crippen LogP contribution in [-0.4, -0.2) is 37.7 Å². The highest BCUT2D eigenvalue weighted by Crippen LogP contribution is 2.29. The number of thiophene rings is 1. The second-order valence-electron chi connectivity index (χ2n) is 5.61. The van der Waals surface area contributed by atoms with Crippen molar-refractivity contribution in [3.05, 3.63) is 46.3 Å². The zero-order chi connectivity index (χ0) is 20.5. The number of esters is 2. The number of rotatable bonds is 9. The fraction of sp³-hybridized carbons (Fsp3) is 0.350. The molecule has 1 aromatic heterocycles. The first-order chi connectivity index (χ1) is 13.5. The Labute approximate surface area is 167 Å². The lowest BCUT2D eigenvalue weighted by Gasteiger charge is -2.08. The average Bonchev–Trinajstić information content (AvgIpc) is 3.10. The van der Waals surface area contributed by atoms with Gasteiger partial charge in [0.1, 0.15) is 10.8 Å². The topological polar surface area (TPSA) is 90.9 Å². The van der Waals surface area contributed by atoms with E-state index in [-0.39, 0.29) is 6.61 Å². The molecule has 28 heavy (non-hydrogen) atoms. The Morgan fingerprint density at radius 3 is 2.29 bits per heavy atom. The number of carbonyl (C=O) groups excluding carboxylic acids is 3. The van der Waals surface area contributed by atoms with Crippen molar-refractivity contribution in [1.82, 2.24) is 0 Å². The molecule has 0 atom stereocenters. The lowest BCUT2D eigenvalue weighted by atomic mass is 10.2. The molecule has 1 amide bonds. The normalized spacial score (nSPS) is 10.2. The van der Waals surface area contributed by atoms with Gasteiger partial charge in [-0.05, 0) is 50.6 Å². The molecule has 0 bridgehead atoms. The number of benzene rings is 1. The van der Waals surface area contributed by atoms with E-state index in [1.807, 2.05) is 13.8 Å². The maximum Gasteiger partial charge on any atom is 0.341 e. The number of ether oxygens (including phenoxy) is 3. The summed E-state index contributed by atoms with van der Waals surface area (Å²) in [6, 6.07) is 8.14. The second kappa shape index (κ2) is 10.5. The predicted molar refractivity (Wildman–Crippen MR) is 106 cm³/mol. The molecule has 0 aliphatic carbocycles. The summed E-state index contributed by atoms with van der Waals surface area (Å²) in [5.74, 6) is -1.01. The highest BCUT2D eigenvalue weighted by molar-refractivity contribution is 7.16. The van der Waals surface area contributed by atoms with Crippen molar-refractivity contribution in [2.24, 2.45) is 0 Å². The number of aryl methyl sites for hydroxylation is 1. The monoisotopic (exact) mass is 405 g/mol. The van der Waals surface area contributed by atoms with Crippen LogP contribution in [0.2, 0.25) is 0 Å². The van der Waals surface area contributed by atoms with Crippen molar-refractivity contribution in [2.45, 2.75) is 27.2 Å². The van der Waals surface area contributed by atoms with Gasteiger partial charge in [-0.15, -0.1) is 11.3 Å². The summed E-state index contributed by atoms with van der Waals surface area (Å²) in [5.41, 5.74) is 0.614. The Hall–Kier alpha value is -2.87. The van der Waals surface area contributed by atoms with Gasteiger partial charge >= 0.3 is 11.9 Å². The van der Waals surface area contributed by atoms with Crippen LogP contribution in [0.15, 0.2) is 30.3 Å². The summed E-state index contributed by atoms with van der Waals surface area (Å²) in [7, 11) is 0. The van der Waals surface area contributed by atoms with E-state index in [4.69, 9.17) is 14.2 Å². The summed E-state index contributed by atoms with van der Waals surface area (Å²) in [6.45, 7) is 5.83. The van der Waals surface area contributed by atoms with E-state index in [1.54, 1.807) is 37.3 Å². The van der Waals surface area contributed by atoms with E-state index in [0.717, 1.165) is 11.3 Å². The van der Waals surface area contributed by atoms with Gasteiger partial charge in [-0.25, -0.2) is 9.59 Å². The molecule has 1 N–H and O–H groups in total. The molecular weight excluding hydrogens is 382 g/mol. The van der Waals surface area contributed by atoms with Gasteiger partial charge in [0.25, 0.3) is 5.91 Å². The molecule has 0 unspecified atom stereocenters. The van der Waals surface area contributed by atoms with Crippen LogP contribution in [0.4, 0.5) is 5.00 Å². The molecule has 0 saturated carbocycles. The summed E-state index contributed by atoms with van der Waals surface area (Å²) in [4.78, 5) is 37.2. The van der Waals surface area contributed by atoms with Crippen molar-refractivity contribution >= 4 is 34.2 Å². The van der Waals surface area contributed by atoms with Crippen LogP contribution in [0.1, 0.15) is 46.4 Å². The van der Waals surface area contributed by atoms with Gasteiger partial charge in [-0.1, -0.05) is 6.92 Å². The fourth-order valence-electron chi connectivity index (χ4n) is 2.30. The second-order valence-corrected chi connectivity index (χ2v) is 6.75. The first kappa shape index (κ1) is 21.4. The van der Waals surface area contributed by atoms with Crippen molar-refractivity contribution in [3.8, 4) is 5.75 Å². The van der Waals surface area contributed by atoms with E-state index in [9.17, 15) is 14.4 Å². The number of amides is 1. The molecule has 1 heterocycles. The van der Waals surface area contributed by atoms with Gasteiger partial charge in [0.05, 0.1) is 24.3 Å². The zero-order valence-electron chi connectivity index (χ0n) is 16.1. The van der Waals surface area contributed by atoms with Gasteiger partial charge in [0, 0.05) is 4.88 Å². The molecule has 7 nitrogen and oxygen atoms in total. The molecule has 0 spiro atoms. The molecule has 1 aromatic carbocycles. The minimum absolute atomic E-state index is 0.239. The Balaban J connectivity index is 1.95. The lowest BCUT2D eigenvalue weighted by molar-refractivity contribution is -0.119. The molecule has 0 aliphatic heterocycles. The number of hydrogen-bond donors (Lipinski definition) is 1. The van der Waals surface area contributed by atoms with Crippen molar-refractivity contribution < 1.29 is 28.6 Å². The third-order valence-electron chi connectivity index (χ3n) is 3.62. The molecule has 0 saturated heterocycles. The Morgan fingerprint density at radius 2 is 1.68 bits per heavy atom. The molecule has 2 aromatic rings. The summed E-state index contributed by atoms with van der Waals surface area (Å²) in [5, 5.41) is 3.01. The minimum Gasteiger partial charge on any atom is -0.494 e. The Morgan fingerprint density at radius 1 is 0.964 bits per heavy atom. The zero-order valence-corrected chi connectivity index (χ0v) is 16.9. The van der Waals surface area contributed by atoms with E-state index >= 15 is 0 Å². The van der Waals surface area contributed by atoms with Crippen LogP contribution in [0.5, 0.6) is 5.75 Å². The molecule has 2 rings (SSSR count). The average molecular weight is 405 g/mol. The first-order valence-corrected chi connectivity index (χ1v) is 9.79. The maximum absolute atomic E-state index is 12.2. The Bertz CT molecular complexity index is 828. The third kappa shape index (κ3) is 5.82. The van der Waals surface area contributed by atoms with Crippen LogP contribution in [0.3, 0.4) is 0 Å². The Kier molecular flexibility index (Phi) is 8.01. The van der Waals surface area contributed by atoms with Crippen molar-refractivity contribution in [2.75, 3.05) is 25.1 Å². The fourth-order valence-corrected chi connectivity index (χ4v) is 3.30. The van der Waals surface area contributed by atoms with E-state index in [2.05, 4.69) is 5.32 Å². The number of carbonyl (C=O) groups is 3. The van der Waals surface area contributed by atoms with Gasteiger partial charge in [0.2, 0.25) is 0 Å². The molecule has 0 fully saturated rings. The van der Waals surface area contributed by atoms with Crippen LogP contribution in [0.25, 0.3) is 0 Å². The first-order valence-electron chi connectivity index (χ1n) is 8.98. The summed E-state index contributed by atoms with van der Waals surface area (Å²) >= 11 is 1.29. The van der Waals surface area contributed by atoms with Crippen molar-refractivity contribution in [3.63, 3.8) is 0 Å². The maximum atomic E-state index is 12.2. The molecular formula is C20H23NO6S. The van der Waals surface area contributed by atoms with Gasteiger partial charge in [-0.2, -0.15) is 0 Å². The minimum atomic E-state index is -0.621. The SMILES string of the molecule is CCOC(=O)c1cc(CC)sc1NC(=O)COC(=O)c1ccc(OCC)cc1. The van der Waals surface area contributed by atoms with Crippen LogP contribution in [-0.2, 0) is 20.7 Å². The summed E-state index contributed by atoms with van der Waals surface area (Å²) in [6.07, 6.45) is 0.722. The number of hydrogen-bond acceptors (Lipinski definition) is 7. The van der Waals surface area contributed by atoms with E-state index in [1.165, 1.54) is 11.3 Å². The van der Waals surface area contributed by atoms with Gasteiger partial charge < -0.3 is 19.5 Å². The lowest BCUT2D eigenvalue weighted by Crippen LogP contribution is -2.21. The number of nitrogens with one attached hydrogen (secondary N) is 1. The van der Waals surface area contributed by atoms with Crippen LogP contribution < -0.4 is 10.1 Å². The molecule has 8 heteroatoms. The molecule has 0 radical (unpaired) electrons. The van der Waals surface area contributed by atoms with Crippen LogP contribution >= 0.6 is 11.3 Å². The highest BCUT2D eigenvalue weighted by Gasteiger charge is 2.19. The highest BCUT2D eigenvalue weighted by atomic mass is 32.1. The number of anilines is 1. The third-order valence-corrected chi connectivity index (χ3v) is 4.81. The van der Waals surface area contributed by atoms with Gasteiger partial charge in [-0.3, -0.25) is 4.79 Å². The molecule has 0 aliphatic rings. The van der Waals surface area contributed by atoms with Crippen LogP contribution in [0, 0.1) is 0 Å². The van der Waals surface area contributed by atoms with E-state index < -0.39 is 24.5 Å². The largest absolute Gasteiger partial charge is 0.494 e. The summed E-state index contributed by atoms with van der Waals surface area (Å²) < 4.78 is 15.4. The predicted octanol–water partition coefficient (Wildman–Crippen LogP) is 3.68. The quantitative estimate of drug-likeness (QED) is 0.640. The van der Waals surface area contributed by atoms with Gasteiger partial charge in [0.15, 0.2) is 6.61 Å². The van der Waals surface area contributed by atoms with Crippen molar-refractivity contribution in [1.29, 1.82) is 0 Å². The standard InChI is InChI=1S/C20H23NO6S/c1-4-15-11-16(20(24)26-6-3)18(28-15)21-17(22)12-27-19(23)13-7-9-14(10-8-13)25-5-2/h7-11H,4-6,12H2,1-3H3,(H,21,22). The smallest absolute Gasteiger partial charge is 0.341 e. The molecule has 150 valence electrons. The van der Waals surface area contributed by atoms with E-state index in [0.29, 0.717) is 28.5 Å².